The summed E-state index contributed by atoms with van der Waals surface area (Å²) >= 11 is 0. The van der Waals surface area contributed by atoms with Crippen LogP contribution in [0.2, 0.25) is 0 Å². The Morgan fingerprint density at radius 3 is 2.37 bits per heavy atom. The fourth-order valence-corrected chi connectivity index (χ4v) is 3.35. The Morgan fingerprint density at radius 2 is 1.84 bits per heavy atom. The van der Waals surface area contributed by atoms with Crippen molar-refractivity contribution in [3.63, 3.8) is 0 Å². The third-order valence-electron chi connectivity index (χ3n) is 4.71. The van der Waals surface area contributed by atoms with Crippen LogP contribution in [-0.4, -0.2) is 19.0 Å². The number of carbonyl (C=O) groups excluding carboxylic acids is 1. The number of hydrogen-bond donors (Lipinski definition) is 2. The van der Waals surface area contributed by atoms with E-state index in [2.05, 4.69) is 33.0 Å². The molecule has 1 fully saturated rings. The summed E-state index contributed by atoms with van der Waals surface area (Å²) in [5, 5.41) is 3.18. The molecule has 0 aromatic heterocycles. The van der Waals surface area contributed by atoms with E-state index in [1.165, 1.54) is 6.42 Å². The Morgan fingerprint density at radius 1 is 1.21 bits per heavy atom. The van der Waals surface area contributed by atoms with Crippen LogP contribution in [0.15, 0.2) is 0 Å². The second-order valence-electron chi connectivity index (χ2n) is 6.86. The fraction of sp³-hybridized carbons (Fsp3) is 0.938. The van der Waals surface area contributed by atoms with E-state index in [1.54, 1.807) is 0 Å². The van der Waals surface area contributed by atoms with Gasteiger partial charge in [0.2, 0.25) is 5.91 Å². The molecule has 0 bridgehead atoms. The zero-order valence-electron chi connectivity index (χ0n) is 13.1. The van der Waals surface area contributed by atoms with Gasteiger partial charge in [0.05, 0.1) is 0 Å². The molecule has 0 saturated heterocycles. The SMILES string of the molecule is CC(C)C(CNC(=O)C1CCCC(CN)C1)C(C)C. The lowest BCUT2D eigenvalue weighted by atomic mass is 9.80. The van der Waals surface area contributed by atoms with Crippen LogP contribution in [0, 0.1) is 29.6 Å². The Bertz CT molecular complexity index is 268. The van der Waals surface area contributed by atoms with Crippen molar-refractivity contribution >= 4 is 5.91 Å². The summed E-state index contributed by atoms with van der Waals surface area (Å²) in [6.45, 7) is 10.5. The highest BCUT2D eigenvalue weighted by molar-refractivity contribution is 5.78. The lowest BCUT2D eigenvalue weighted by Gasteiger charge is -2.29. The third-order valence-corrected chi connectivity index (χ3v) is 4.71. The van der Waals surface area contributed by atoms with Gasteiger partial charge in [-0.05, 0) is 49.5 Å². The van der Waals surface area contributed by atoms with E-state index in [0.717, 1.165) is 32.4 Å². The minimum Gasteiger partial charge on any atom is -0.356 e. The number of rotatable bonds is 6. The molecule has 112 valence electrons. The van der Waals surface area contributed by atoms with Crippen molar-refractivity contribution in [1.82, 2.24) is 5.32 Å². The standard InChI is InChI=1S/C16H32N2O/c1-11(2)15(12(3)4)10-18-16(19)14-7-5-6-13(8-14)9-17/h11-15H,5-10,17H2,1-4H3,(H,18,19). The highest BCUT2D eigenvalue weighted by atomic mass is 16.1. The average Bonchev–Trinajstić information content (AvgIpc) is 2.38. The first-order valence-corrected chi connectivity index (χ1v) is 7.93. The maximum Gasteiger partial charge on any atom is 0.223 e. The highest BCUT2D eigenvalue weighted by Gasteiger charge is 2.27. The Labute approximate surface area is 118 Å². The molecule has 0 aromatic rings. The molecule has 2 unspecified atom stereocenters. The minimum atomic E-state index is 0.197. The first-order chi connectivity index (χ1) is 8.95. The molecular formula is C16H32N2O. The van der Waals surface area contributed by atoms with Gasteiger partial charge in [-0.15, -0.1) is 0 Å². The van der Waals surface area contributed by atoms with Gasteiger partial charge in [-0.2, -0.15) is 0 Å². The van der Waals surface area contributed by atoms with Gasteiger partial charge < -0.3 is 11.1 Å². The molecule has 0 heterocycles. The van der Waals surface area contributed by atoms with Crippen molar-refractivity contribution in [3.05, 3.63) is 0 Å². The third kappa shape index (κ3) is 5.13. The van der Waals surface area contributed by atoms with E-state index in [4.69, 9.17) is 5.73 Å². The molecule has 1 rings (SSSR count). The van der Waals surface area contributed by atoms with Crippen LogP contribution >= 0.6 is 0 Å². The quantitative estimate of drug-likeness (QED) is 0.778. The summed E-state index contributed by atoms with van der Waals surface area (Å²) < 4.78 is 0. The molecular weight excluding hydrogens is 236 g/mol. The summed E-state index contributed by atoms with van der Waals surface area (Å²) in [7, 11) is 0. The molecule has 0 radical (unpaired) electrons. The lowest BCUT2D eigenvalue weighted by Crippen LogP contribution is -2.39. The van der Waals surface area contributed by atoms with Crippen LogP contribution in [0.25, 0.3) is 0 Å². The Kier molecular flexibility index (Phi) is 6.84. The van der Waals surface area contributed by atoms with Crippen LogP contribution in [0.4, 0.5) is 0 Å². The minimum absolute atomic E-state index is 0.197. The smallest absolute Gasteiger partial charge is 0.223 e. The summed E-state index contributed by atoms with van der Waals surface area (Å²) in [5.41, 5.74) is 5.74. The first kappa shape index (κ1) is 16.5. The molecule has 3 heteroatoms. The zero-order valence-corrected chi connectivity index (χ0v) is 13.1. The van der Waals surface area contributed by atoms with E-state index < -0.39 is 0 Å². The van der Waals surface area contributed by atoms with Crippen molar-refractivity contribution in [2.24, 2.45) is 35.3 Å². The van der Waals surface area contributed by atoms with Gasteiger partial charge in [-0.25, -0.2) is 0 Å². The molecule has 0 aromatic carbocycles. The second kappa shape index (κ2) is 7.88. The van der Waals surface area contributed by atoms with Crippen LogP contribution in [-0.2, 0) is 4.79 Å². The predicted molar refractivity (Wildman–Crippen MR) is 80.7 cm³/mol. The van der Waals surface area contributed by atoms with Gasteiger partial charge in [0.25, 0.3) is 0 Å². The maximum atomic E-state index is 12.3. The van der Waals surface area contributed by atoms with Gasteiger partial charge in [0.15, 0.2) is 0 Å². The predicted octanol–water partition coefficient (Wildman–Crippen LogP) is 2.80. The monoisotopic (exact) mass is 268 g/mol. The first-order valence-electron chi connectivity index (χ1n) is 7.93. The number of carbonyl (C=O) groups is 1. The van der Waals surface area contributed by atoms with Crippen LogP contribution in [0.5, 0.6) is 0 Å². The van der Waals surface area contributed by atoms with E-state index in [9.17, 15) is 4.79 Å². The molecule has 19 heavy (non-hydrogen) atoms. The summed E-state index contributed by atoms with van der Waals surface area (Å²) in [6.07, 6.45) is 4.37. The van der Waals surface area contributed by atoms with Gasteiger partial charge in [0, 0.05) is 12.5 Å². The lowest BCUT2D eigenvalue weighted by molar-refractivity contribution is -0.126. The summed E-state index contributed by atoms with van der Waals surface area (Å²) in [4.78, 5) is 12.3. The van der Waals surface area contributed by atoms with Gasteiger partial charge >= 0.3 is 0 Å². The molecule has 1 aliphatic rings. The Hall–Kier alpha value is -0.570. The topological polar surface area (TPSA) is 55.1 Å². The van der Waals surface area contributed by atoms with Gasteiger partial charge in [0.1, 0.15) is 0 Å². The van der Waals surface area contributed by atoms with E-state index >= 15 is 0 Å². The molecule has 2 atom stereocenters. The number of nitrogens with two attached hydrogens (primary N) is 1. The maximum absolute atomic E-state index is 12.3. The molecule has 3 N–H and O–H groups in total. The number of amides is 1. The van der Waals surface area contributed by atoms with E-state index in [1.807, 2.05) is 0 Å². The van der Waals surface area contributed by atoms with E-state index in [-0.39, 0.29) is 11.8 Å². The zero-order chi connectivity index (χ0) is 14.4. The van der Waals surface area contributed by atoms with Crippen molar-refractivity contribution in [3.8, 4) is 0 Å². The molecule has 1 aliphatic carbocycles. The molecule has 1 saturated carbocycles. The largest absolute Gasteiger partial charge is 0.356 e. The summed E-state index contributed by atoms with van der Waals surface area (Å²) in [6, 6.07) is 0. The fourth-order valence-electron chi connectivity index (χ4n) is 3.35. The normalized spacial score (nSPS) is 24.2. The van der Waals surface area contributed by atoms with Crippen LogP contribution in [0.1, 0.15) is 53.4 Å². The van der Waals surface area contributed by atoms with Crippen molar-refractivity contribution in [1.29, 1.82) is 0 Å². The molecule has 3 nitrogen and oxygen atoms in total. The summed E-state index contributed by atoms with van der Waals surface area (Å²) in [5.74, 6) is 2.80. The van der Waals surface area contributed by atoms with Crippen molar-refractivity contribution in [2.75, 3.05) is 13.1 Å². The van der Waals surface area contributed by atoms with Crippen molar-refractivity contribution in [2.45, 2.75) is 53.4 Å². The van der Waals surface area contributed by atoms with Gasteiger partial charge in [-0.3, -0.25) is 4.79 Å². The second-order valence-corrected chi connectivity index (χ2v) is 6.86. The molecule has 0 aliphatic heterocycles. The van der Waals surface area contributed by atoms with E-state index in [0.29, 0.717) is 23.7 Å². The highest BCUT2D eigenvalue weighted by Crippen LogP contribution is 2.28. The number of hydrogen-bond acceptors (Lipinski definition) is 2. The molecule has 1 amide bonds. The number of nitrogens with one attached hydrogen (secondary N) is 1. The van der Waals surface area contributed by atoms with Crippen LogP contribution in [0.3, 0.4) is 0 Å². The molecule has 0 spiro atoms. The van der Waals surface area contributed by atoms with Gasteiger partial charge in [-0.1, -0.05) is 34.1 Å². The van der Waals surface area contributed by atoms with Crippen molar-refractivity contribution < 1.29 is 4.79 Å². The Balaban J connectivity index is 2.41. The van der Waals surface area contributed by atoms with Crippen LogP contribution < -0.4 is 11.1 Å². The average molecular weight is 268 g/mol.